The van der Waals surface area contributed by atoms with Crippen LogP contribution in [0.15, 0.2) is 48.5 Å². The summed E-state index contributed by atoms with van der Waals surface area (Å²) < 4.78 is 41.7. The third kappa shape index (κ3) is 6.65. The Labute approximate surface area is 154 Å². The van der Waals surface area contributed by atoms with Crippen LogP contribution in [0.2, 0.25) is 0 Å². The van der Waals surface area contributed by atoms with Crippen LogP contribution >= 0.6 is 0 Å². The monoisotopic (exact) mass is 380 g/mol. The normalized spacial score (nSPS) is 11.0. The van der Waals surface area contributed by atoms with Crippen LogP contribution in [0.5, 0.6) is 5.75 Å². The van der Waals surface area contributed by atoms with Gasteiger partial charge in [-0.25, -0.2) is 0 Å². The Hall–Kier alpha value is -3.03. The van der Waals surface area contributed by atoms with Gasteiger partial charge in [0.1, 0.15) is 5.75 Å². The Bertz CT molecular complexity index is 790. The molecule has 0 fully saturated rings. The van der Waals surface area contributed by atoms with Crippen molar-refractivity contribution < 1.29 is 27.5 Å². The Morgan fingerprint density at radius 2 is 1.74 bits per heavy atom. The summed E-state index contributed by atoms with van der Waals surface area (Å²) in [7, 11) is 1.57. The van der Waals surface area contributed by atoms with Crippen molar-refractivity contribution in [1.29, 1.82) is 0 Å². The van der Waals surface area contributed by atoms with Crippen LogP contribution in [0.25, 0.3) is 0 Å². The molecule has 0 atom stereocenters. The first-order chi connectivity index (χ1) is 12.8. The van der Waals surface area contributed by atoms with Gasteiger partial charge in [-0.2, -0.15) is 13.2 Å². The van der Waals surface area contributed by atoms with Gasteiger partial charge in [0.15, 0.2) is 0 Å². The van der Waals surface area contributed by atoms with E-state index in [0.717, 1.165) is 11.3 Å². The Balaban J connectivity index is 1.85. The predicted molar refractivity (Wildman–Crippen MR) is 94.3 cm³/mol. The zero-order valence-electron chi connectivity index (χ0n) is 14.6. The average molecular weight is 380 g/mol. The van der Waals surface area contributed by atoms with Crippen molar-refractivity contribution in [3.05, 3.63) is 59.7 Å². The highest BCUT2D eigenvalue weighted by molar-refractivity contribution is 5.91. The summed E-state index contributed by atoms with van der Waals surface area (Å²) >= 11 is 0. The van der Waals surface area contributed by atoms with E-state index >= 15 is 0 Å². The minimum absolute atomic E-state index is 0.220. The van der Waals surface area contributed by atoms with Crippen LogP contribution in [0.1, 0.15) is 17.5 Å². The maximum Gasteiger partial charge on any atom is 0.471 e. The summed E-state index contributed by atoms with van der Waals surface area (Å²) in [6, 6.07) is 13.7. The molecule has 0 spiro atoms. The van der Waals surface area contributed by atoms with E-state index in [-0.39, 0.29) is 18.9 Å². The molecule has 144 valence electrons. The molecule has 0 heterocycles. The maximum absolute atomic E-state index is 12.2. The van der Waals surface area contributed by atoms with E-state index in [1.807, 2.05) is 24.3 Å². The molecular weight excluding hydrogens is 361 g/mol. The van der Waals surface area contributed by atoms with Crippen molar-refractivity contribution in [3.8, 4) is 5.75 Å². The lowest BCUT2D eigenvalue weighted by molar-refractivity contribution is -0.173. The fourth-order valence-corrected chi connectivity index (χ4v) is 2.32. The molecule has 2 N–H and O–H groups in total. The molecule has 5 nitrogen and oxygen atoms in total. The quantitative estimate of drug-likeness (QED) is 0.773. The van der Waals surface area contributed by atoms with E-state index in [0.29, 0.717) is 17.7 Å². The highest BCUT2D eigenvalue weighted by Crippen LogP contribution is 2.16. The first-order valence-electron chi connectivity index (χ1n) is 8.14. The number of anilines is 1. The number of alkyl halides is 3. The molecule has 2 aromatic carbocycles. The topological polar surface area (TPSA) is 67.4 Å². The summed E-state index contributed by atoms with van der Waals surface area (Å²) in [6.45, 7) is -0.284. The number of hydrogen-bond donors (Lipinski definition) is 2. The van der Waals surface area contributed by atoms with Crippen LogP contribution in [0.3, 0.4) is 0 Å². The van der Waals surface area contributed by atoms with Crippen molar-refractivity contribution >= 4 is 17.5 Å². The van der Waals surface area contributed by atoms with Crippen LogP contribution in [0.4, 0.5) is 18.9 Å². The summed E-state index contributed by atoms with van der Waals surface area (Å²) in [6.07, 6.45) is -4.13. The molecule has 0 saturated heterocycles. The molecule has 8 heteroatoms. The number of carbonyl (C=O) groups is 2. The largest absolute Gasteiger partial charge is 0.497 e. The van der Waals surface area contributed by atoms with Crippen LogP contribution in [-0.4, -0.2) is 25.1 Å². The summed E-state index contributed by atoms with van der Waals surface area (Å²) in [5, 5.41) is 4.48. The standard InChI is InChI=1S/C19H19F3N2O3/c1-27-16-8-5-13(6-9-16)7-10-17(25)24-15-4-2-3-14(11-15)12-23-18(26)19(20,21)22/h2-6,8-9,11H,7,10,12H2,1H3,(H,23,26)(H,24,25). The van der Waals surface area contributed by atoms with Crippen LogP contribution in [-0.2, 0) is 22.6 Å². The van der Waals surface area contributed by atoms with Gasteiger partial charge >= 0.3 is 12.1 Å². The number of halogens is 3. The maximum atomic E-state index is 12.2. The Morgan fingerprint density at radius 3 is 2.37 bits per heavy atom. The molecule has 0 bridgehead atoms. The first-order valence-corrected chi connectivity index (χ1v) is 8.14. The second-order valence-electron chi connectivity index (χ2n) is 5.78. The number of carbonyl (C=O) groups excluding carboxylic acids is 2. The van der Waals surface area contributed by atoms with Gasteiger partial charge in [0.25, 0.3) is 0 Å². The number of hydrogen-bond acceptors (Lipinski definition) is 3. The number of rotatable bonds is 7. The predicted octanol–water partition coefficient (Wildman–Crippen LogP) is 3.45. The number of nitrogens with one attached hydrogen (secondary N) is 2. The zero-order valence-corrected chi connectivity index (χ0v) is 14.6. The van der Waals surface area contributed by atoms with Gasteiger partial charge in [-0.1, -0.05) is 24.3 Å². The highest BCUT2D eigenvalue weighted by atomic mass is 19.4. The molecule has 27 heavy (non-hydrogen) atoms. The van der Waals surface area contributed by atoms with E-state index in [2.05, 4.69) is 5.32 Å². The van der Waals surface area contributed by atoms with Gasteiger partial charge in [-0.3, -0.25) is 9.59 Å². The number of aryl methyl sites for hydroxylation is 1. The fraction of sp³-hybridized carbons (Fsp3) is 0.263. The lowest BCUT2D eigenvalue weighted by Gasteiger charge is -2.10. The minimum atomic E-state index is -4.92. The van der Waals surface area contributed by atoms with Crippen LogP contribution in [0, 0.1) is 0 Å². The van der Waals surface area contributed by atoms with Crippen molar-refractivity contribution in [2.24, 2.45) is 0 Å². The van der Waals surface area contributed by atoms with Gasteiger partial charge in [-0.05, 0) is 41.8 Å². The Kier molecular flexibility index (Phi) is 6.81. The van der Waals surface area contributed by atoms with Gasteiger partial charge in [0.2, 0.25) is 5.91 Å². The molecule has 0 aliphatic heterocycles. The molecule has 0 aromatic heterocycles. The Morgan fingerprint density at radius 1 is 1.04 bits per heavy atom. The van der Waals surface area contributed by atoms with Crippen molar-refractivity contribution in [2.45, 2.75) is 25.6 Å². The van der Waals surface area contributed by atoms with Crippen molar-refractivity contribution in [1.82, 2.24) is 5.32 Å². The molecule has 0 saturated carbocycles. The molecule has 0 aliphatic carbocycles. The molecular formula is C19H19F3N2O3. The summed E-state index contributed by atoms with van der Waals surface area (Å²) in [5.74, 6) is -1.49. The summed E-state index contributed by atoms with van der Waals surface area (Å²) in [5.41, 5.74) is 1.88. The minimum Gasteiger partial charge on any atom is -0.497 e. The first kappa shape index (κ1) is 20.3. The van der Waals surface area contributed by atoms with E-state index in [1.165, 1.54) is 6.07 Å². The molecule has 0 unspecified atom stereocenters. The molecule has 0 radical (unpaired) electrons. The number of amides is 2. The number of methoxy groups -OCH3 is 1. The lowest BCUT2D eigenvalue weighted by atomic mass is 10.1. The molecule has 2 rings (SSSR count). The van der Waals surface area contributed by atoms with Gasteiger partial charge in [0.05, 0.1) is 7.11 Å². The SMILES string of the molecule is COc1ccc(CCC(=O)Nc2cccc(CNC(=O)C(F)(F)F)c2)cc1. The fourth-order valence-electron chi connectivity index (χ4n) is 2.32. The second-order valence-corrected chi connectivity index (χ2v) is 5.78. The van der Waals surface area contributed by atoms with E-state index in [4.69, 9.17) is 4.74 Å². The van der Waals surface area contributed by atoms with E-state index in [9.17, 15) is 22.8 Å². The van der Waals surface area contributed by atoms with Crippen molar-refractivity contribution in [2.75, 3.05) is 12.4 Å². The third-order valence-electron chi connectivity index (χ3n) is 3.72. The smallest absolute Gasteiger partial charge is 0.471 e. The lowest BCUT2D eigenvalue weighted by Crippen LogP contribution is -2.36. The molecule has 2 amide bonds. The van der Waals surface area contributed by atoms with Crippen LogP contribution < -0.4 is 15.4 Å². The average Bonchev–Trinajstić information content (AvgIpc) is 2.64. The molecule has 2 aromatic rings. The van der Waals surface area contributed by atoms with Gasteiger partial charge in [0, 0.05) is 18.7 Å². The number of ether oxygens (including phenoxy) is 1. The summed E-state index contributed by atoms with van der Waals surface area (Å²) in [4.78, 5) is 22.9. The highest BCUT2D eigenvalue weighted by Gasteiger charge is 2.38. The zero-order chi connectivity index (χ0) is 19.9. The van der Waals surface area contributed by atoms with Gasteiger partial charge < -0.3 is 15.4 Å². The van der Waals surface area contributed by atoms with E-state index < -0.39 is 12.1 Å². The third-order valence-corrected chi connectivity index (χ3v) is 3.72. The number of benzene rings is 2. The molecule has 0 aliphatic rings. The second kappa shape index (κ2) is 9.07. The van der Waals surface area contributed by atoms with Crippen molar-refractivity contribution in [3.63, 3.8) is 0 Å². The van der Waals surface area contributed by atoms with E-state index in [1.54, 1.807) is 30.6 Å². The van der Waals surface area contributed by atoms with Gasteiger partial charge in [-0.15, -0.1) is 0 Å².